The summed E-state index contributed by atoms with van der Waals surface area (Å²) < 4.78 is 40.5. The van der Waals surface area contributed by atoms with Crippen LogP contribution >= 0.6 is 12.4 Å². The first-order chi connectivity index (χ1) is 12.2. The molecule has 0 spiro atoms. The Hall–Kier alpha value is -2.16. The minimum atomic E-state index is -3.85. The van der Waals surface area contributed by atoms with E-state index < -0.39 is 15.8 Å². The summed E-state index contributed by atoms with van der Waals surface area (Å²) in [5, 5.41) is 0. The van der Waals surface area contributed by atoms with Gasteiger partial charge in [-0.3, -0.25) is 9.52 Å². The molecule has 0 aliphatic heterocycles. The molecular weight excluding hydrogens is 393 g/mol. The molecule has 27 heavy (non-hydrogen) atoms. The number of benzene rings is 2. The van der Waals surface area contributed by atoms with E-state index in [0.717, 1.165) is 6.07 Å². The zero-order valence-electron chi connectivity index (χ0n) is 15.3. The molecule has 2 rings (SSSR count). The van der Waals surface area contributed by atoms with Crippen LogP contribution in [0, 0.1) is 12.7 Å². The van der Waals surface area contributed by atoms with Crippen molar-refractivity contribution in [2.45, 2.75) is 24.8 Å². The minimum absolute atomic E-state index is 0. The Kier molecular flexibility index (Phi) is 7.77. The maximum atomic E-state index is 13.3. The maximum Gasteiger partial charge on any atom is 0.261 e. The Balaban J connectivity index is 0.00000364. The fourth-order valence-corrected chi connectivity index (χ4v) is 3.38. The van der Waals surface area contributed by atoms with Crippen molar-refractivity contribution in [2.75, 3.05) is 18.3 Å². The van der Waals surface area contributed by atoms with Gasteiger partial charge in [0, 0.05) is 30.9 Å². The quantitative estimate of drug-likeness (QED) is 0.758. The summed E-state index contributed by atoms with van der Waals surface area (Å²) in [7, 11) is -2.19. The van der Waals surface area contributed by atoms with E-state index in [0.29, 0.717) is 17.8 Å². The second-order valence-corrected chi connectivity index (χ2v) is 7.78. The number of nitrogens with one attached hydrogen (secondary N) is 1. The van der Waals surface area contributed by atoms with Gasteiger partial charge >= 0.3 is 0 Å². The Labute approximate surface area is 165 Å². The lowest BCUT2D eigenvalue weighted by Gasteiger charge is -2.23. The number of hydrogen-bond donors (Lipinski definition) is 2. The third kappa shape index (κ3) is 5.41. The summed E-state index contributed by atoms with van der Waals surface area (Å²) in [6, 6.07) is 9.54. The summed E-state index contributed by atoms with van der Waals surface area (Å²) in [5.41, 5.74) is 6.53. The number of rotatable bonds is 6. The van der Waals surface area contributed by atoms with Crippen LogP contribution in [0.25, 0.3) is 0 Å². The molecule has 6 nitrogen and oxygen atoms in total. The van der Waals surface area contributed by atoms with Crippen molar-refractivity contribution in [3.8, 4) is 0 Å². The van der Waals surface area contributed by atoms with E-state index in [4.69, 9.17) is 5.73 Å². The molecule has 148 valence electrons. The lowest BCUT2D eigenvalue weighted by molar-refractivity contribution is 0.0748. The predicted molar refractivity (Wildman–Crippen MR) is 106 cm³/mol. The van der Waals surface area contributed by atoms with Gasteiger partial charge in [0.2, 0.25) is 0 Å². The van der Waals surface area contributed by atoms with Crippen LogP contribution < -0.4 is 10.5 Å². The van der Waals surface area contributed by atoms with E-state index in [2.05, 4.69) is 4.72 Å². The average molecular weight is 416 g/mol. The average Bonchev–Trinajstić information content (AvgIpc) is 2.62. The Morgan fingerprint density at radius 3 is 2.33 bits per heavy atom. The van der Waals surface area contributed by atoms with Gasteiger partial charge < -0.3 is 10.6 Å². The molecule has 0 aliphatic rings. The van der Waals surface area contributed by atoms with Crippen molar-refractivity contribution in [3.05, 3.63) is 59.4 Å². The van der Waals surface area contributed by atoms with Crippen LogP contribution in [-0.4, -0.2) is 38.9 Å². The third-order valence-electron chi connectivity index (χ3n) is 4.15. The highest BCUT2D eigenvalue weighted by Gasteiger charge is 2.18. The second-order valence-electron chi connectivity index (χ2n) is 6.09. The molecule has 0 saturated carbocycles. The zero-order chi connectivity index (χ0) is 19.5. The number of nitrogens with two attached hydrogens (primary N) is 1. The van der Waals surface area contributed by atoms with Crippen LogP contribution in [0.1, 0.15) is 22.8 Å². The molecule has 0 aromatic heterocycles. The Morgan fingerprint density at radius 1 is 1.22 bits per heavy atom. The highest BCUT2D eigenvalue weighted by atomic mass is 35.5. The smallest absolute Gasteiger partial charge is 0.261 e. The van der Waals surface area contributed by atoms with Gasteiger partial charge in [-0.1, -0.05) is 0 Å². The summed E-state index contributed by atoms with van der Waals surface area (Å²) >= 11 is 0. The molecule has 0 saturated heterocycles. The van der Waals surface area contributed by atoms with Crippen LogP contribution in [0.3, 0.4) is 0 Å². The molecule has 2 aromatic rings. The third-order valence-corrected chi connectivity index (χ3v) is 5.53. The lowest BCUT2D eigenvalue weighted by atomic mass is 10.1. The number of hydrogen-bond acceptors (Lipinski definition) is 4. The van der Waals surface area contributed by atoms with Gasteiger partial charge in [-0.2, -0.15) is 0 Å². The fraction of sp³-hybridized carbons (Fsp3) is 0.278. The van der Waals surface area contributed by atoms with Gasteiger partial charge in [0.05, 0.1) is 4.90 Å². The summed E-state index contributed by atoms with van der Waals surface area (Å²) in [6.07, 6.45) is 0. The number of aryl methyl sites for hydroxylation is 1. The summed E-state index contributed by atoms with van der Waals surface area (Å²) in [6.45, 7) is 3.68. The number of halogens is 2. The van der Waals surface area contributed by atoms with E-state index in [1.807, 2.05) is 6.92 Å². The highest BCUT2D eigenvalue weighted by molar-refractivity contribution is 7.92. The number of anilines is 1. The van der Waals surface area contributed by atoms with Crippen LogP contribution in [0.4, 0.5) is 10.1 Å². The van der Waals surface area contributed by atoms with Crippen LogP contribution in [0.2, 0.25) is 0 Å². The summed E-state index contributed by atoms with van der Waals surface area (Å²) in [5.74, 6) is -0.672. The Bertz CT molecular complexity index is 905. The second kappa shape index (κ2) is 9.16. The van der Waals surface area contributed by atoms with E-state index >= 15 is 0 Å². The molecule has 1 atom stereocenters. The molecule has 0 aliphatic carbocycles. The lowest BCUT2D eigenvalue weighted by Crippen LogP contribution is -2.39. The van der Waals surface area contributed by atoms with Crippen molar-refractivity contribution < 1.29 is 17.6 Å². The van der Waals surface area contributed by atoms with Gasteiger partial charge in [-0.15, -0.1) is 12.4 Å². The first kappa shape index (κ1) is 22.9. The number of likely N-dealkylation sites (N-methyl/N-ethyl adjacent to an activating group) is 1. The SMILES string of the molecule is Cc1cc(S(=O)(=O)Nc2ccc(C(=O)N(C)C(C)CN)cc2)ccc1F.Cl. The molecule has 0 fully saturated rings. The number of carbonyl (C=O) groups excluding carboxylic acids is 1. The van der Waals surface area contributed by atoms with Gasteiger partial charge in [0.25, 0.3) is 15.9 Å². The molecule has 0 bridgehead atoms. The Morgan fingerprint density at radius 2 is 1.81 bits per heavy atom. The molecule has 9 heteroatoms. The van der Waals surface area contributed by atoms with Crippen molar-refractivity contribution in [2.24, 2.45) is 5.73 Å². The van der Waals surface area contributed by atoms with Gasteiger partial charge in [-0.05, 0) is 61.9 Å². The fourth-order valence-electron chi connectivity index (χ4n) is 2.24. The number of amides is 1. The van der Waals surface area contributed by atoms with E-state index in [9.17, 15) is 17.6 Å². The standard InChI is InChI=1S/C18H22FN3O3S.ClH/c1-12-10-16(8-9-17(12)19)26(24,25)21-15-6-4-14(5-7-15)18(23)22(3)13(2)11-20;/h4-10,13,21H,11,20H2,1-3H3;1H. The van der Waals surface area contributed by atoms with Crippen LogP contribution in [0.15, 0.2) is 47.4 Å². The van der Waals surface area contributed by atoms with Crippen molar-refractivity contribution in [3.63, 3.8) is 0 Å². The van der Waals surface area contributed by atoms with Gasteiger partial charge in [0.1, 0.15) is 5.82 Å². The van der Waals surface area contributed by atoms with Crippen molar-refractivity contribution >= 4 is 34.0 Å². The first-order valence-corrected chi connectivity index (χ1v) is 9.50. The largest absolute Gasteiger partial charge is 0.338 e. The van der Waals surface area contributed by atoms with E-state index in [1.165, 1.54) is 48.2 Å². The molecule has 2 aromatic carbocycles. The molecule has 1 amide bonds. The molecular formula is C18H23ClFN3O3S. The van der Waals surface area contributed by atoms with Crippen LogP contribution in [0.5, 0.6) is 0 Å². The van der Waals surface area contributed by atoms with Crippen molar-refractivity contribution in [1.82, 2.24) is 4.90 Å². The topological polar surface area (TPSA) is 92.5 Å². The normalized spacial score (nSPS) is 12.0. The minimum Gasteiger partial charge on any atom is -0.338 e. The number of sulfonamides is 1. The van der Waals surface area contributed by atoms with E-state index in [1.54, 1.807) is 7.05 Å². The molecule has 0 heterocycles. The maximum absolute atomic E-state index is 13.3. The van der Waals surface area contributed by atoms with Crippen molar-refractivity contribution in [1.29, 1.82) is 0 Å². The monoisotopic (exact) mass is 415 g/mol. The first-order valence-electron chi connectivity index (χ1n) is 8.02. The predicted octanol–water partition coefficient (Wildman–Crippen LogP) is 2.78. The summed E-state index contributed by atoms with van der Waals surface area (Å²) in [4.78, 5) is 13.8. The van der Waals surface area contributed by atoms with E-state index in [-0.39, 0.29) is 34.8 Å². The van der Waals surface area contributed by atoms with Gasteiger partial charge in [0.15, 0.2) is 0 Å². The molecule has 0 radical (unpaired) electrons. The number of nitrogens with zero attached hydrogens (tertiary/aromatic N) is 1. The molecule has 3 N–H and O–H groups in total. The van der Waals surface area contributed by atoms with Gasteiger partial charge in [-0.25, -0.2) is 12.8 Å². The van der Waals surface area contributed by atoms with Crippen LogP contribution in [-0.2, 0) is 10.0 Å². The number of carbonyl (C=O) groups is 1. The zero-order valence-corrected chi connectivity index (χ0v) is 16.9. The highest BCUT2D eigenvalue weighted by Crippen LogP contribution is 2.19. The molecule has 1 unspecified atom stereocenters.